The van der Waals surface area contributed by atoms with E-state index in [0.717, 1.165) is 0 Å². The molecule has 0 radical (unpaired) electrons. The van der Waals surface area contributed by atoms with Crippen molar-refractivity contribution in [2.45, 2.75) is 18.9 Å². The van der Waals surface area contributed by atoms with Crippen molar-refractivity contribution >= 4 is 17.6 Å². The fourth-order valence-electron chi connectivity index (χ4n) is 1.70. The second-order valence-electron chi connectivity index (χ2n) is 4.34. The van der Waals surface area contributed by atoms with Crippen LogP contribution in [0.15, 0.2) is 24.3 Å². The smallest absolute Gasteiger partial charge is 0.326 e. The molecule has 0 fully saturated rings. The second kappa shape index (κ2) is 7.95. The summed E-state index contributed by atoms with van der Waals surface area (Å²) >= 11 is 0. The van der Waals surface area contributed by atoms with Crippen LogP contribution in [0.1, 0.15) is 12.0 Å². The maximum atomic E-state index is 11.8. The van der Waals surface area contributed by atoms with Crippen LogP contribution in [0.4, 0.5) is 5.69 Å². The van der Waals surface area contributed by atoms with Crippen molar-refractivity contribution in [3.05, 3.63) is 39.9 Å². The first kappa shape index (κ1) is 16.6. The van der Waals surface area contributed by atoms with Gasteiger partial charge in [-0.15, -0.1) is 0 Å². The van der Waals surface area contributed by atoms with Crippen LogP contribution in [0.2, 0.25) is 0 Å². The van der Waals surface area contributed by atoms with Gasteiger partial charge in [0, 0.05) is 32.3 Å². The van der Waals surface area contributed by atoms with Crippen LogP contribution in [-0.4, -0.2) is 41.7 Å². The van der Waals surface area contributed by atoms with Gasteiger partial charge in [-0.05, 0) is 5.56 Å². The van der Waals surface area contributed by atoms with Gasteiger partial charge in [-0.25, -0.2) is 4.79 Å². The highest BCUT2D eigenvalue weighted by molar-refractivity contribution is 5.84. The molecular formula is C13H16N2O6. The van der Waals surface area contributed by atoms with Crippen molar-refractivity contribution in [1.82, 2.24) is 5.32 Å². The Labute approximate surface area is 120 Å². The van der Waals surface area contributed by atoms with Crippen LogP contribution in [0.25, 0.3) is 0 Å². The van der Waals surface area contributed by atoms with Gasteiger partial charge in [0.15, 0.2) is 0 Å². The molecule has 1 aromatic carbocycles. The predicted molar refractivity (Wildman–Crippen MR) is 72.9 cm³/mol. The summed E-state index contributed by atoms with van der Waals surface area (Å²) < 4.78 is 4.77. The normalized spacial score (nSPS) is 11.7. The Morgan fingerprint density at radius 2 is 2.19 bits per heavy atom. The molecule has 0 aromatic heterocycles. The van der Waals surface area contributed by atoms with Crippen molar-refractivity contribution in [3.63, 3.8) is 0 Å². The number of nitrogens with zero attached hydrogens (tertiary/aromatic N) is 1. The molecule has 0 aliphatic heterocycles. The number of methoxy groups -OCH3 is 1. The van der Waals surface area contributed by atoms with E-state index in [-0.39, 0.29) is 25.1 Å². The predicted octanol–water partition coefficient (Wildman–Crippen LogP) is 0.743. The Hall–Kier alpha value is -2.48. The zero-order valence-corrected chi connectivity index (χ0v) is 11.4. The van der Waals surface area contributed by atoms with Gasteiger partial charge < -0.3 is 15.2 Å². The molecule has 8 heteroatoms. The fraction of sp³-hybridized carbons (Fsp3) is 0.385. The Kier molecular flexibility index (Phi) is 6.28. The Balaban J connectivity index is 2.65. The third-order valence-electron chi connectivity index (χ3n) is 2.73. The van der Waals surface area contributed by atoms with Gasteiger partial charge in [-0.2, -0.15) is 0 Å². The number of aliphatic carboxylic acids is 1. The highest BCUT2D eigenvalue weighted by Gasteiger charge is 2.19. The Morgan fingerprint density at radius 3 is 2.76 bits per heavy atom. The van der Waals surface area contributed by atoms with E-state index in [1.54, 1.807) is 6.07 Å². The first-order valence-electron chi connectivity index (χ1n) is 6.18. The van der Waals surface area contributed by atoms with E-state index in [1.807, 2.05) is 0 Å². The quantitative estimate of drug-likeness (QED) is 0.539. The minimum atomic E-state index is -1.15. The number of nitrogens with one attached hydrogen (secondary N) is 1. The van der Waals surface area contributed by atoms with E-state index >= 15 is 0 Å². The Morgan fingerprint density at radius 1 is 1.48 bits per heavy atom. The van der Waals surface area contributed by atoms with Gasteiger partial charge in [-0.3, -0.25) is 14.9 Å². The average molecular weight is 296 g/mol. The van der Waals surface area contributed by atoms with E-state index in [0.29, 0.717) is 5.56 Å². The summed E-state index contributed by atoms with van der Waals surface area (Å²) in [6, 6.07) is 4.60. The summed E-state index contributed by atoms with van der Waals surface area (Å²) in [4.78, 5) is 32.8. The summed E-state index contributed by atoms with van der Waals surface area (Å²) in [7, 11) is 1.43. The topological polar surface area (TPSA) is 119 Å². The molecule has 21 heavy (non-hydrogen) atoms. The number of carboxylic acid groups (broad SMARTS) is 1. The van der Waals surface area contributed by atoms with Gasteiger partial charge in [-0.1, -0.05) is 12.1 Å². The molecule has 1 aromatic rings. The van der Waals surface area contributed by atoms with Crippen LogP contribution in [0.3, 0.4) is 0 Å². The standard InChI is InChI=1S/C13H16N2O6/c1-21-6-5-11(13(17)18)14-12(16)8-9-3-2-4-10(7-9)15(19)20/h2-4,7,11H,5-6,8H2,1H3,(H,14,16)(H,17,18). The molecule has 1 rings (SSSR count). The van der Waals surface area contributed by atoms with Crippen molar-refractivity contribution < 1.29 is 24.4 Å². The van der Waals surface area contributed by atoms with Crippen LogP contribution in [0, 0.1) is 10.1 Å². The number of ether oxygens (including phenoxy) is 1. The number of rotatable bonds is 8. The van der Waals surface area contributed by atoms with Crippen LogP contribution in [-0.2, 0) is 20.7 Å². The third-order valence-corrected chi connectivity index (χ3v) is 2.73. The zero-order valence-electron chi connectivity index (χ0n) is 11.4. The maximum absolute atomic E-state index is 11.8. The number of amides is 1. The van der Waals surface area contributed by atoms with E-state index in [2.05, 4.69) is 5.32 Å². The average Bonchev–Trinajstić information content (AvgIpc) is 2.43. The van der Waals surface area contributed by atoms with Gasteiger partial charge in [0.1, 0.15) is 6.04 Å². The number of nitro groups is 1. The molecule has 0 aliphatic carbocycles. The summed E-state index contributed by atoms with van der Waals surface area (Å²) in [5.74, 6) is -1.67. The molecule has 1 atom stereocenters. The molecule has 8 nitrogen and oxygen atoms in total. The number of hydrogen-bond acceptors (Lipinski definition) is 5. The Bertz CT molecular complexity index is 531. The molecule has 0 bridgehead atoms. The monoisotopic (exact) mass is 296 g/mol. The fourth-order valence-corrected chi connectivity index (χ4v) is 1.70. The van der Waals surface area contributed by atoms with E-state index < -0.39 is 22.8 Å². The van der Waals surface area contributed by atoms with Crippen LogP contribution in [0.5, 0.6) is 0 Å². The molecule has 0 aliphatic rings. The summed E-state index contributed by atoms with van der Waals surface area (Å²) in [5, 5.41) is 22.0. The van der Waals surface area contributed by atoms with E-state index in [1.165, 1.54) is 25.3 Å². The minimum Gasteiger partial charge on any atom is -0.480 e. The largest absolute Gasteiger partial charge is 0.480 e. The highest BCUT2D eigenvalue weighted by atomic mass is 16.6. The lowest BCUT2D eigenvalue weighted by Gasteiger charge is -2.13. The molecule has 1 unspecified atom stereocenters. The second-order valence-corrected chi connectivity index (χ2v) is 4.34. The molecular weight excluding hydrogens is 280 g/mol. The number of benzene rings is 1. The van der Waals surface area contributed by atoms with Crippen molar-refractivity contribution in [1.29, 1.82) is 0 Å². The highest BCUT2D eigenvalue weighted by Crippen LogP contribution is 2.13. The molecule has 114 valence electrons. The SMILES string of the molecule is COCCC(NC(=O)Cc1cccc([N+](=O)[O-])c1)C(=O)O. The number of carbonyl (C=O) groups is 2. The summed E-state index contributed by atoms with van der Waals surface area (Å²) in [5.41, 5.74) is 0.326. The number of carbonyl (C=O) groups excluding carboxylic acids is 1. The first-order valence-corrected chi connectivity index (χ1v) is 6.18. The molecule has 0 saturated carbocycles. The van der Waals surface area contributed by atoms with Gasteiger partial charge in [0.05, 0.1) is 11.3 Å². The summed E-state index contributed by atoms with van der Waals surface area (Å²) in [6.07, 6.45) is 0.0188. The zero-order chi connectivity index (χ0) is 15.8. The number of non-ortho nitro benzene ring substituents is 1. The van der Waals surface area contributed by atoms with Crippen molar-refractivity contribution in [2.24, 2.45) is 0 Å². The third kappa shape index (κ3) is 5.57. The van der Waals surface area contributed by atoms with Gasteiger partial charge >= 0.3 is 5.97 Å². The molecule has 0 spiro atoms. The number of carboxylic acids is 1. The molecule has 0 heterocycles. The van der Waals surface area contributed by atoms with E-state index in [9.17, 15) is 19.7 Å². The first-order chi connectivity index (χ1) is 9.93. The number of hydrogen-bond donors (Lipinski definition) is 2. The van der Waals surface area contributed by atoms with Gasteiger partial charge in [0.2, 0.25) is 5.91 Å². The minimum absolute atomic E-state index is 0.116. The number of nitro benzene ring substituents is 1. The lowest BCUT2D eigenvalue weighted by Crippen LogP contribution is -2.42. The maximum Gasteiger partial charge on any atom is 0.326 e. The van der Waals surface area contributed by atoms with Gasteiger partial charge in [0.25, 0.3) is 5.69 Å². The lowest BCUT2D eigenvalue weighted by molar-refractivity contribution is -0.384. The van der Waals surface area contributed by atoms with E-state index in [4.69, 9.17) is 9.84 Å². The molecule has 0 saturated heterocycles. The van der Waals surface area contributed by atoms with Crippen LogP contribution < -0.4 is 5.32 Å². The lowest BCUT2D eigenvalue weighted by atomic mass is 10.1. The molecule has 1 amide bonds. The van der Waals surface area contributed by atoms with Crippen molar-refractivity contribution in [2.75, 3.05) is 13.7 Å². The van der Waals surface area contributed by atoms with Crippen LogP contribution >= 0.6 is 0 Å². The molecule has 2 N–H and O–H groups in total. The summed E-state index contributed by atoms with van der Waals surface area (Å²) in [6.45, 7) is 0.202. The van der Waals surface area contributed by atoms with Crippen molar-refractivity contribution in [3.8, 4) is 0 Å².